The van der Waals surface area contributed by atoms with Gasteiger partial charge in [-0.3, -0.25) is 14.2 Å². The highest BCUT2D eigenvalue weighted by Gasteiger charge is 2.25. The molecule has 0 radical (unpaired) electrons. The molecule has 0 spiro atoms. The third-order valence-corrected chi connectivity index (χ3v) is 7.57. The largest absolute Gasteiger partial charge is 0.451 e. The van der Waals surface area contributed by atoms with E-state index in [0.29, 0.717) is 40.3 Å². The summed E-state index contributed by atoms with van der Waals surface area (Å²) in [6.45, 7) is 3.26. The Morgan fingerprint density at radius 1 is 1.09 bits per heavy atom. The lowest BCUT2D eigenvalue weighted by Crippen LogP contribution is -2.38. The molecule has 1 amide bonds. The van der Waals surface area contributed by atoms with Crippen molar-refractivity contribution in [3.63, 3.8) is 0 Å². The third-order valence-electron chi connectivity index (χ3n) is 6.41. The number of hydrogen-bond donors (Lipinski definition) is 0. The van der Waals surface area contributed by atoms with Crippen LogP contribution in [0, 0.1) is 6.92 Å². The third kappa shape index (κ3) is 3.72. The van der Waals surface area contributed by atoms with E-state index in [1.807, 2.05) is 18.2 Å². The minimum Gasteiger partial charge on any atom is -0.451 e. The predicted octanol–water partition coefficient (Wildman–Crippen LogP) is 3.23. The minimum absolute atomic E-state index is 0.0808. The van der Waals surface area contributed by atoms with E-state index < -0.39 is 5.97 Å². The van der Waals surface area contributed by atoms with Gasteiger partial charge < -0.3 is 9.64 Å². The van der Waals surface area contributed by atoms with E-state index in [4.69, 9.17) is 4.74 Å². The fourth-order valence-corrected chi connectivity index (χ4v) is 5.68. The number of aryl methyl sites for hydroxylation is 2. The van der Waals surface area contributed by atoms with Crippen LogP contribution in [0.25, 0.3) is 10.2 Å². The number of nitrogens with zero attached hydrogens (tertiary/aromatic N) is 3. The van der Waals surface area contributed by atoms with E-state index in [0.717, 1.165) is 43.5 Å². The maximum Gasteiger partial charge on any atom is 0.349 e. The summed E-state index contributed by atoms with van der Waals surface area (Å²) in [7, 11) is 0. The molecule has 2 aromatic heterocycles. The summed E-state index contributed by atoms with van der Waals surface area (Å²) in [6.07, 6.45) is 4.63. The van der Waals surface area contributed by atoms with Crippen LogP contribution in [-0.2, 0) is 35.5 Å². The predicted molar refractivity (Wildman–Crippen MR) is 122 cm³/mol. The molecule has 32 heavy (non-hydrogen) atoms. The van der Waals surface area contributed by atoms with Crippen LogP contribution in [0.3, 0.4) is 0 Å². The van der Waals surface area contributed by atoms with Gasteiger partial charge in [0.05, 0.1) is 5.39 Å². The summed E-state index contributed by atoms with van der Waals surface area (Å²) in [5.41, 5.74) is 2.89. The average molecular weight is 452 g/mol. The highest BCUT2D eigenvalue weighted by atomic mass is 32.1. The Bertz CT molecular complexity index is 1280. The number of benzene rings is 1. The van der Waals surface area contributed by atoms with Gasteiger partial charge in [-0.15, -0.1) is 11.3 Å². The molecule has 0 fully saturated rings. The molecule has 0 aliphatic carbocycles. The van der Waals surface area contributed by atoms with Crippen molar-refractivity contribution >= 4 is 33.4 Å². The monoisotopic (exact) mass is 451 g/mol. The Morgan fingerprint density at radius 2 is 1.91 bits per heavy atom. The van der Waals surface area contributed by atoms with Gasteiger partial charge in [0, 0.05) is 26.1 Å². The van der Waals surface area contributed by atoms with Gasteiger partial charge in [-0.05, 0) is 42.9 Å². The molecule has 7 nitrogen and oxygen atoms in total. The lowest BCUT2D eigenvalue weighted by Gasteiger charge is -2.28. The Morgan fingerprint density at radius 3 is 2.75 bits per heavy atom. The lowest BCUT2D eigenvalue weighted by molar-refractivity contribution is -0.135. The molecule has 0 bridgehead atoms. The van der Waals surface area contributed by atoms with Crippen molar-refractivity contribution in [1.82, 2.24) is 14.5 Å². The van der Waals surface area contributed by atoms with E-state index in [1.165, 1.54) is 16.9 Å². The summed E-state index contributed by atoms with van der Waals surface area (Å²) in [5, 5.41) is 0.492. The molecule has 4 heterocycles. The minimum atomic E-state index is -0.573. The van der Waals surface area contributed by atoms with Crippen LogP contribution >= 0.6 is 11.3 Å². The Hall–Kier alpha value is -3.00. The van der Waals surface area contributed by atoms with Crippen LogP contribution in [0.15, 0.2) is 29.1 Å². The maximum absolute atomic E-state index is 13.1. The van der Waals surface area contributed by atoms with Crippen LogP contribution in [0.4, 0.5) is 0 Å². The van der Waals surface area contributed by atoms with Crippen molar-refractivity contribution < 1.29 is 14.3 Å². The van der Waals surface area contributed by atoms with Crippen molar-refractivity contribution in [2.45, 2.75) is 52.1 Å². The first-order valence-electron chi connectivity index (χ1n) is 11.1. The van der Waals surface area contributed by atoms with Gasteiger partial charge in [0.25, 0.3) is 11.5 Å². The molecule has 0 atom stereocenters. The average Bonchev–Trinajstić information content (AvgIpc) is 2.97. The quantitative estimate of drug-likeness (QED) is 0.571. The first kappa shape index (κ1) is 20.9. The van der Waals surface area contributed by atoms with Crippen molar-refractivity contribution in [3.8, 4) is 0 Å². The van der Waals surface area contributed by atoms with E-state index in [9.17, 15) is 14.4 Å². The van der Waals surface area contributed by atoms with Gasteiger partial charge >= 0.3 is 5.97 Å². The number of ether oxygens (including phenoxy) is 1. The second-order valence-corrected chi connectivity index (χ2v) is 9.44. The Labute approximate surface area is 189 Å². The number of esters is 1. The first-order valence-corrected chi connectivity index (χ1v) is 11.9. The Kier molecular flexibility index (Phi) is 5.55. The van der Waals surface area contributed by atoms with Crippen LogP contribution in [0.1, 0.15) is 51.4 Å². The van der Waals surface area contributed by atoms with Gasteiger partial charge in [-0.2, -0.15) is 0 Å². The van der Waals surface area contributed by atoms with Crippen LogP contribution in [0.5, 0.6) is 0 Å². The summed E-state index contributed by atoms with van der Waals surface area (Å²) in [4.78, 5) is 45.8. The zero-order valence-electron chi connectivity index (χ0n) is 18.1. The molecule has 166 valence electrons. The summed E-state index contributed by atoms with van der Waals surface area (Å²) >= 11 is 1.18. The molecule has 0 saturated carbocycles. The van der Waals surface area contributed by atoms with E-state index >= 15 is 0 Å². The fraction of sp³-hybridized carbons (Fsp3) is 0.417. The van der Waals surface area contributed by atoms with Crippen molar-refractivity contribution in [1.29, 1.82) is 0 Å². The van der Waals surface area contributed by atoms with Gasteiger partial charge in [-0.25, -0.2) is 9.78 Å². The zero-order valence-corrected chi connectivity index (χ0v) is 18.9. The van der Waals surface area contributed by atoms with Crippen LogP contribution in [-0.4, -0.2) is 39.5 Å². The molecular formula is C24H25N3O4S. The maximum atomic E-state index is 13.1. The summed E-state index contributed by atoms with van der Waals surface area (Å²) in [5.74, 6) is 0.00843. The summed E-state index contributed by atoms with van der Waals surface area (Å²) < 4.78 is 7.12. The molecule has 5 rings (SSSR count). The zero-order chi connectivity index (χ0) is 22.2. The number of hydrogen-bond acceptors (Lipinski definition) is 6. The number of fused-ring (bicyclic) bond motifs is 3. The molecule has 2 aliphatic heterocycles. The number of carbonyl (C=O) groups is 2. The fourth-order valence-electron chi connectivity index (χ4n) is 4.60. The molecule has 3 aromatic rings. The number of amides is 1. The number of aromatic nitrogens is 2. The Balaban J connectivity index is 1.32. The van der Waals surface area contributed by atoms with Gasteiger partial charge in [0.1, 0.15) is 15.5 Å². The normalized spacial score (nSPS) is 15.7. The number of carbonyl (C=O) groups excluding carboxylic acids is 2. The molecule has 0 saturated heterocycles. The van der Waals surface area contributed by atoms with Gasteiger partial charge in [0.2, 0.25) is 0 Å². The highest BCUT2D eigenvalue weighted by molar-refractivity contribution is 7.20. The topological polar surface area (TPSA) is 81.5 Å². The SMILES string of the molecule is Cc1c(C(=O)OCC(=O)N2CCc3ccccc3C2)sc2nc3n(c(=O)c12)CCCCC3. The second kappa shape index (κ2) is 8.50. The summed E-state index contributed by atoms with van der Waals surface area (Å²) in [6, 6.07) is 8.07. The molecule has 0 N–H and O–H groups in total. The number of rotatable bonds is 3. The first-order chi connectivity index (χ1) is 15.5. The molecular weight excluding hydrogens is 426 g/mol. The van der Waals surface area contributed by atoms with Crippen LogP contribution in [0.2, 0.25) is 0 Å². The molecule has 0 unspecified atom stereocenters. The lowest BCUT2D eigenvalue weighted by atomic mass is 10.00. The second-order valence-electron chi connectivity index (χ2n) is 8.44. The molecule has 8 heteroatoms. The van der Waals surface area contributed by atoms with E-state index in [2.05, 4.69) is 11.1 Å². The van der Waals surface area contributed by atoms with Crippen molar-refractivity contribution in [2.24, 2.45) is 0 Å². The van der Waals surface area contributed by atoms with E-state index in [-0.39, 0.29) is 18.1 Å². The van der Waals surface area contributed by atoms with Crippen LogP contribution < -0.4 is 5.56 Å². The molecule has 2 aliphatic rings. The van der Waals surface area contributed by atoms with Crippen molar-refractivity contribution in [2.75, 3.05) is 13.2 Å². The standard InChI is InChI=1S/C24H25N3O4S/c1-15-20-22(25-18-9-3-2-6-11-27(18)23(20)29)32-21(15)24(30)31-14-19(28)26-12-10-16-7-4-5-8-17(16)13-26/h4-5,7-8H,2-3,6,9-14H2,1H3. The highest BCUT2D eigenvalue weighted by Crippen LogP contribution is 2.29. The van der Waals surface area contributed by atoms with Gasteiger partial charge in [-0.1, -0.05) is 30.7 Å². The smallest absolute Gasteiger partial charge is 0.349 e. The number of thiophene rings is 1. The van der Waals surface area contributed by atoms with Crippen molar-refractivity contribution in [3.05, 3.63) is 62.0 Å². The molecule has 1 aromatic carbocycles. The van der Waals surface area contributed by atoms with Gasteiger partial charge in [0.15, 0.2) is 6.61 Å². The van der Waals surface area contributed by atoms with E-state index in [1.54, 1.807) is 16.4 Å².